The standard InChI is InChI=1S/C15H9ClF4O2/c16-15(19,20)14(21)10-3-1-9(2-4-10)8-22-13-7-11(17)5-6-12(13)18/h1-7H,8H2. The van der Waals surface area contributed by atoms with E-state index in [1.54, 1.807) is 0 Å². The van der Waals surface area contributed by atoms with Gasteiger partial charge in [0.15, 0.2) is 11.6 Å². The Morgan fingerprint density at radius 3 is 2.32 bits per heavy atom. The molecule has 0 amide bonds. The van der Waals surface area contributed by atoms with Gasteiger partial charge in [0.1, 0.15) is 12.4 Å². The second-order valence-corrected chi connectivity index (χ2v) is 4.86. The van der Waals surface area contributed by atoms with Gasteiger partial charge in [-0.1, -0.05) is 24.3 Å². The number of ether oxygens (including phenoxy) is 1. The Hall–Kier alpha value is -2.08. The molecule has 0 aliphatic rings. The molecule has 0 atom stereocenters. The molecule has 116 valence electrons. The van der Waals surface area contributed by atoms with Crippen LogP contribution in [0.15, 0.2) is 42.5 Å². The third-order valence-electron chi connectivity index (χ3n) is 2.76. The minimum absolute atomic E-state index is 0.119. The Kier molecular flexibility index (Phi) is 4.71. The first-order valence-corrected chi connectivity index (χ1v) is 6.43. The first-order chi connectivity index (χ1) is 10.3. The largest absolute Gasteiger partial charge is 0.486 e. The van der Waals surface area contributed by atoms with Crippen molar-refractivity contribution < 1.29 is 27.1 Å². The molecule has 0 bridgehead atoms. The predicted molar refractivity (Wildman–Crippen MR) is 72.3 cm³/mol. The van der Waals surface area contributed by atoms with Crippen LogP contribution in [-0.2, 0) is 6.61 Å². The lowest BCUT2D eigenvalue weighted by Gasteiger charge is -2.09. The summed E-state index contributed by atoms with van der Waals surface area (Å²) in [4.78, 5) is 11.2. The summed E-state index contributed by atoms with van der Waals surface area (Å²) in [5.41, 5.74) is 0.221. The fraction of sp³-hybridized carbons (Fsp3) is 0.133. The normalized spacial score (nSPS) is 11.3. The van der Waals surface area contributed by atoms with E-state index in [-0.39, 0.29) is 17.9 Å². The van der Waals surface area contributed by atoms with Crippen molar-refractivity contribution in [2.45, 2.75) is 12.0 Å². The Morgan fingerprint density at radius 2 is 1.73 bits per heavy atom. The van der Waals surface area contributed by atoms with E-state index < -0.39 is 22.8 Å². The number of rotatable bonds is 5. The molecule has 2 rings (SSSR count). The van der Waals surface area contributed by atoms with E-state index in [2.05, 4.69) is 11.6 Å². The number of hydrogen-bond donors (Lipinski definition) is 0. The Morgan fingerprint density at radius 1 is 1.09 bits per heavy atom. The van der Waals surface area contributed by atoms with Crippen molar-refractivity contribution in [2.24, 2.45) is 0 Å². The quantitative estimate of drug-likeness (QED) is 0.456. The summed E-state index contributed by atoms with van der Waals surface area (Å²) in [6.07, 6.45) is 0. The molecule has 22 heavy (non-hydrogen) atoms. The van der Waals surface area contributed by atoms with Crippen molar-refractivity contribution in [3.63, 3.8) is 0 Å². The molecule has 0 spiro atoms. The third kappa shape index (κ3) is 3.98. The molecule has 2 aromatic rings. The average Bonchev–Trinajstić information content (AvgIpc) is 2.47. The number of Topliss-reactive ketones (excluding diaryl/α,β-unsaturated/α-hetero) is 1. The Balaban J connectivity index is 2.06. The van der Waals surface area contributed by atoms with Crippen LogP contribution in [0.4, 0.5) is 17.6 Å². The molecule has 0 radical (unpaired) electrons. The van der Waals surface area contributed by atoms with E-state index in [4.69, 9.17) is 4.74 Å². The van der Waals surface area contributed by atoms with E-state index in [9.17, 15) is 22.4 Å². The van der Waals surface area contributed by atoms with Crippen molar-refractivity contribution in [3.8, 4) is 5.75 Å². The van der Waals surface area contributed by atoms with Crippen molar-refractivity contribution in [1.82, 2.24) is 0 Å². The topological polar surface area (TPSA) is 26.3 Å². The van der Waals surface area contributed by atoms with Crippen LogP contribution in [-0.4, -0.2) is 11.2 Å². The molecule has 0 N–H and O–H groups in total. The van der Waals surface area contributed by atoms with Crippen LogP contribution >= 0.6 is 11.6 Å². The van der Waals surface area contributed by atoms with Crippen LogP contribution in [0, 0.1) is 11.6 Å². The lowest BCUT2D eigenvalue weighted by atomic mass is 10.1. The Labute approximate surface area is 128 Å². The van der Waals surface area contributed by atoms with Crippen LogP contribution in [0.1, 0.15) is 15.9 Å². The first-order valence-electron chi connectivity index (χ1n) is 6.05. The number of hydrogen-bond acceptors (Lipinski definition) is 2. The number of alkyl halides is 3. The summed E-state index contributed by atoms with van der Waals surface area (Å²) < 4.78 is 56.7. The van der Waals surface area contributed by atoms with Crippen molar-refractivity contribution >= 4 is 17.4 Å². The molecule has 0 saturated heterocycles. The van der Waals surface area contributed by atoms with E-state index in [1.807, 2.05) is 0 Å². The van der Waals surface area contributed by atoms with Crippen LogP contribution in [0.3, 0.4) is 0 Å². The van der Waals surface area contributed by atoms with Crippen molar-refractivity contribution in [2.75, 3.05) is 0 Å². The maximum atomic E-state index is 13.3. The highest BCUT2D eigenvalue weighted by atomic mass is 35.5. The van der Waals surface area contributed by atoms with Crippen molar-refractivity contribution in [1.29, 1.82) is 0 Å². The van der Waals surface area contributed by atoms with E-state index in [1.165, 1.54) is 12.1 Å². The monoisotopic (exact) mass is 332 g/mol. The average molecular weight is 333 g/mol. The molecule has 0 unspecified atom stereocenters. The number of carbonyl (C=O) groups is 1. The number of benzene rings is 2. The van der Waals surface area contributed by atoms with Gasteiger partial charge in [0.05, 0.1) is 0 Å². The zero-order valence-electron chi connectivity index (χ0n) is 11.0. The number of halogens is 5. The second-order valence-electron chi connectivity index (χ2n) is 4.39. The third-order valence-corrected chi connectivity index (χ3v) is 2.93. The smallest absolute Gasteiger partial charge is 0.384 e. The van der Waals surface area contributed by atoms with Gasteiger partial charge in [0, 0.05) is 11.6 Å². The van der Waals surface area contributed by atoms with Gasteiger partial charge in [0.25, 0.3) is 0 Å². The lowest BCUT2D eigenvalue weighted by Crippen LogP contribution is -2.21. The summed E-state index contributed by atoms with van der Waals surface area (Å²) in [6.45, 7) is -0.119. The molecule has 7 heteroatoms. The first kappa shape index (κ1) is 16.3. The van der Waals surface area contributed by atoms with Gasteiger partial charge in [-0.05, 0) is 29.3 Å². The van der Waals surface area contributed by atoms with Gasteiger partial charge in [-0.2, -0.15) is 8.78 Å². The summed E-state index contributed by atoms with van der Waals surface area (Å²) >= 11 is 4.65. The fourth-order valence-electron chi connectivity index (χ4n) is 1.66. The van der Waals surface area contributed by atoms with Crippen molar-refractivity contribution in [3.05, 3.63) is 65.2 Å². The van der Waals surface area contributed by atoms with Crippen LogP contribution < -0.4 is 4.74 Å². The molecule has 2 aromatic carbocycles. The zero-order valence-corrected chi connectivity index (χ0v) is 11.7. The summed E-state index contributed by atoms with van der Waals surface area (Å²) in [5, 5.41) is -3.97. The molecule has 0 aromatic heterocycles. The van der Waals surface area contributed by atoms with E-state index in [0.29, 0.717) is 5.56 Å². The Bertz CT molecular complexity index is 681. The molecular weight excluding hydrogens is 324 g/mol. The SMILES string of the molecule is O=C(c1ccc(COc2cc(F)ccc2F)cc1)C(F)(F)Cl. The van der Waals surface area contributed by atoms with Crippen LogP contribution in [0.5, 0.6) is 5.75 Å². The van der Waals surface area contributed by atoms with Gasteiger partial charge in [-0.15, -0.1) is 0 Å². The van der Waals surface area contributed by atoms with Crippen LogP contribution in [0.25, 0.3) is 0 Å². The molecule has 0 heterocycles. The minimum atomic E-state index is -3.97. The molecule has 0 saturated carbocycles. The second kappa shape index (κ2) is 6.36. The molecule has 0 fully saturated rings. The molecule has 0 aliphatic heterocycles. The lowest BCUT2D eigenvalue weighted by molar-refractivity contribution is 0.0536. The van der Waals surface area contributed by atoms with Gasteiger partial charge in [-0.25, -0.2) is 8.78 Å². The van der Waals surface area contributed by atoms with Gasteiger partial charge >= 0.3 is 5.38 Å². The highest BCUT2D eigenvalue weighted by Crippen LogP contribution is 2.25. The maximum absolute atomic E-state index is 13.3. The number of ketones is 1. The van der Waals surface area contributed by atoms with E-state index >= 15 is 0 Å². The number of carbonyl (C=O) groups excluding carboxylic acids is 1. The highest BCUT2D eigenvalue weighted by molar-refractivity contribution is 6.35. The molecule has 2 nitrogen and oxygen atoms in total. The molecular formula is C15H9ClF4O2. The highest BCUT2D eigenvalue weighted by Gasteiger charge is 2.36. The summed E-state index contributed by atoms with van der Waals surface area (Å²) in [6, 6.07) is 7.78. The fourth-order valence-corrected chi connectivity index (χ4v) is 1.77. The minimum Gasteiger partial charge on any atom is -0.486 e. The van der Waals surface area contributed by atoms with Crippen LogP contribution in [0.2, 0.25) is 0 Å². The predicted octanol–water partition coefficient (Wildman–Crippen LogP) is 4.56. The zero-order chi connectivity index (χ0) is 16.3. The summed E-state index contributed by atoms with van der Waals surface area (Å²) in [7, 11) is 0. The molecule has 0 aliphatic carbocycles. The van der Waals surface area contributed by atoms with Gasteiger partial charge in [0.2, 0.25) is 5.78 Å². The summed E-state index contributed by atoms with van der Waals surface area (Å²) in [5.74, 6) is -3.16. The maximum Gasteiger partial charge on any atom is 0.384 e. The van der Waals surface area contributed by atoms with Gasteiger partial charge in [-0.3, -0.25) is 4.79 Å². The van der Waals surface area contributed by atoms with E-state index in [0.717, 1.165) is 30.3 Å². The van der Waals surface area contributed by atoms with Gasteiger partial charge < -0.3 is 4.74 Å².